The van der Waals surface area contributed by atoms with Crippen LogP contribution in [-0.4, -0.2) is 37.4 Å². The number of carbonyl (C=O) groups is 1. The SMILES string of the molecule is COC(=O)c1c(N2CCCC(N)C2)noc1N. The first kappa shape index (κ1) is 11.7. The van der Waals surface area contributed by atoms with Crippen molar-refractivity contribution in [3.05, 3.63) is 5.56 Å². The van der Waals surface area contributed by atoms with Crippen LogP contribution in [0.4, 0.5) is 11.7 Å². The molecule has 1 aliphatic heterocycles. The Morgan fingerprint density at radius 2 is 2.41 bits per heavy atom. The highest BCUT2D eigenvalue weighted by Crippen LogP contribution is 2.27. The zero-order chi connectivity index (χ0) is 12.4. The average molecular weight is 240 g/mol. The monoisotopic (exact) mass is 240 g/mol. The van der Waals surface area contributed by atoms with Crippen molar-refractivity contribution in [1.29, 1.82) is 0 Å². The maximum atomic E-state index is 11.6. The van der Waals surface area contributed by atoms with E-state index in [1.54, 1.807) is 0 Å². The Balaban J connectivity index is 2.28. The van der Waals surface area contributed by atoms with Gasteiger partial charge in [-0.1, -0.05) is 5.16 Å². The Kier molecular flexibility index (Phi) is 3.19. The minimum absolute atomic E-state index is 0.0222. The van der Waals surface area contributed by atoms with Crippen LogP contribution in [0.15, 0.2) is 4.52 Å². The molecule has 1 aromatic rings. The van der Waals surface area contributed by atoms with Crippen molar-refractivity contribution in [1.82, 2.24) is 5.16 Å². The molecule has 0 amide bonds. The lowest BCUT2D eigenvalue weighted by Crippen LogP contribution is -2.43. The van der Waals surface area contributed by atoms with Gasteiger partial charge in [-0.15, -0.1) is 0 Å². The Hall–Kier alpha value is -1.76. The van der Waals surface area contributed by atoms with Crippen LogP contribution < -0.4 is 16.4 Å². The number of hydrogen-bond donors (Lipinski definition) is 2. The van der Waals surface area contributed by atoms with Crippen molar-refractivity contribution in [2.24, 2.45) is 5.73 Å². The highest BCUT2D eigenvalue weighted by Gasteiger charge is 2.28. The summed E-state index contributed by atoms with van der Waals surface area (Å²) in [7, 11) is 1.29. The molecule has 1 saturated heterocycles. The van der Waals surface area contributed by atoms with E-state index in [0.717, 1.165) is 19.4 Å². The maximum absolute atomic E-state index is 11.6. The van der Waals surface area contributed by atoms with E-state index in [2.05, 4.69) is 9.89 Å². The van der Waals surface area contributed by atoms with E-state index >= 15 is 0 Å². The van der Waals surface area contributed by atoms with E-state index in [1.807, 2.05) is 4.90 Å². The summed E-state index contributed by atoms with van der Waals surface area (Å²) in [5.74, 6) is -0.145. The molecule has 1 aliphatic rings. The summed E-state index contributed by atoms with van der Waals surface area (Å²) in [6.07, 6.45) is 1.92. The predicted molar refractivity (Wildman–Crippen MR) is 61.7 cm³/mol. The zero-order valence-electron chi connectivity index (χ0n) is 9.68. The predicted octanol–water partition coefficient (Wildman–Crippen LogP) is -0.0291. The molecular weight excluding hydrogens is 224 g/mol. The van der Waals surface area contributed by atoms with Gasteiger partial charge in [-0.3, -0.25) is 0 Å². The molecule has 0 bridgehead atoms. The Morgan fingerprint density at radius 3 is 3.06 bits per heavy atom. The van der Waals surface area contributed by atoms with Crippen LogP contribution >= 0.6 is 0 Å². The fourth-order valence-electron chi connectivity index (χ4n) is 2.01. The zero-order valence-corrected chi connectivity index (χ0v) is 9.68. The van der Waals surface area contributed by atoms with Crippen molar-refractivity contribution < 1.29 is 14.1 Å². The van der Waals surface area contributed by atoms with E-state index in [-0.39, 0.29) is 17.5 Å². The van der Waals surface area contributed by atoms with Gasteiger partial charge in [0, 0.05) is 19.1 Å². The van der Waals surface area contributed by atoms with Crippen molar-refractivity contribution in [3.63, 3.8) is 0 Å². The van der Waals surface area contributed by atoms with Crippen LogP contribution in [-0.2, 0) is 4.74 Å². The van der Waals surface area contributed by atoms with Gasteiger partial charge in [0.1, 0.15) is 0 Å². The van der Waals surface area contributed by atoms with E-state index in [1.165, 1.54) is 7.11 Å². The summed E-state index contributed by atoms with van der Waals surface area (Å²) in [5.41, 5.74) is 11.6. The van der Waals surface area contributed by atoms with Gasteiger partial charge in [0.2, 0.25) is 5.88 Å². The molecule has 1 fully saturated rings. The third-order valence-electron chi connectivity index (χ3n) is 2.85. The molecule has 7 heteroatoms. The number of carbonyl (C=O) groups excluding carboxylic acids is 1. The number of nitrogen functional groups attached to an aromatic ring is 1. The lowest BCUT2D eigenvalue weighted by atomic mass is 10.1. The minimum atomic E-state index is -0.544. The summed E-state index contributed by atoms with van der Waals surface area (Å²) >= 11 is 0. The second kappa shape index (κ2) is 4.62. The molecule has 2 heterocycles. The second-order valence-electron chi connectivity index (χ2n) is 4.09. The van der Waals surface area contributed by atoms with Crippen molar-refractivity contribution >= 4 is 17.7 Å². The van der Waals surface area contributed by atoms with E-state index in [9.17, 15) is 4.79 Å². The van der Waals surface area contributed by atoms with Crippen LogP contribution in [0.25, 0.3) is 0 Å². The number of anilines is 2. The van der Waals surface area contributed by atoms with Crippen molar-refractivity contribution in [2.45, 2.75) is 18.9 Å². The van der Waals surface area contributed by atoms with Gasteiger partial charge in [0.25, 0.3) is 0 Å². The summed E-state index contributed by atoms with van der Waals surface area (Å²) in [6.45, 7) is 1.42. The van der Waals surface area contributed by atoms with Crippen molar-refractivity contribution in [2.75, 3.05) is 30.8 Å². The summed E-state index contributed by atoms with van der Waals surface area (Å²) in [6, 6.07) is 0.0761. The van der Waals surface area contributed by atoms with Gasteiger partial charge in [-0.2, -0.15) is 0 Å². The Labute approximate surface area is 98.7 Å². The molecule has 0 radical (unpaired) electrons. The summed E-state index contributed by atoms with van der Waals surface area (Å²) in [4.78, 5) is 13.5. The average Bonchev–Trinajstić information content (AvgIpc) is 2.70. The first-order chi connectivity index (χ1) is 8.13. The normalized spacial score (nSPS) is 20.4. The smallest absolute Gasteiger partial charge is 0.347 e. The van der Waals surface area contributed by atoms with Gasteiger partial charge in [-0.05, 0) is 12.8 Å². The molecule has 0 saturated carbocycles. The topological polar surface area (TPSA) is 108 Å². The van der Waals surface area contributed by atoms with Gasteiger partial charge < -0.3 is 25.6 Å². The fourth-order valence-corrected chi connectivity index (χ4v) is 2.01. The number of nitrogens with two attached hydrogens (primary N) is 2. The standard InChI is InChI=1S/C10H16N4O3/c1-16-10(15)7-8(12)17-13-9(7)14-4-2-3-6(11)5-14/h6H,2-5,11-12H2,1H3. The number of aromatic nitrogens is 1. The Bertz CT molecular complexity index is 418. The van der Waals surface area contributed by atoms with E-state index in [0.29, 0.717) is 12.4 Å². The fraction of sp³-hybridized carbons (Fsp3) is 0.600. The molecule has 4 N–H and O–H groups in total. The number of nitrogens with zero attached hydrogens (tertiary/aromatic N) is 2. The van der Waals surface area contributed by atoms with Gasteiger partial charge in [0.15, 0.2) is 11.4 Å². The third-order valence-corrected chi connectivity index (χ3v) is 2.85. The lowest BCUT2D eigenvalue weighted by Gasteiger charge is -2.30. The molecular formula is C10H16N4O3. The van der Waals surface area contributed by atoms with E-state index < -0.39 is 5.97 Å². The first-order valence-electron chi connectivity index (χ1n) is 5.47. The summed E-state index contributed by atoms with van der Waals surface area (Å²) < 4.78 is 9.51. The molecule has 0 aromatic carbocycles. The van der Waals surface area contributed by atoms with Crippen LogP contribution in [0, 0.1) is 0 Å². The summed E-state index contributed by atoms with van der Waals surface area (Å²) in [5, 5.41) is 3.81. The largest absolute Gasteiger partial charge is 0.465 e. The van der Waals surface area contributed by atoms with Crippen LogP contribution in [0.3, 0.4) is 0 Å². The number of piperidine rings is 1. The third kappa shape index (κ3) is 2.19. The molecule has 7 nitrogen and oxygen atoms in total. The Morgan fingerprint density at radius 1 is 1.65 bits per heavy atom. The lowest BCUT2D eigenvalue weighted by molar-refractivity contribution is 0.0602. The molecule has 0 spiro atoms. The first-order valence-corrected chi connectivity index (χ1v) is 5.47. The molecule has 1 atom stereocenters. The number of rotatable bonds is 2. The van der Waals surface area contributed by atoms with Gasteiger partial charge in [0.05, 0.1) is 7.11 Å². The highest BCUT2D eigenvalue weighted by atomic mass is 16.5. The quantitative estimate of drug-likeness (QED) is 0.699. The van der Waals surface area contributed by atoms with Gasteiger partial charge >= 0.3 is 5.97 Å². The molecule has 17 heavy (non-hydrogen) atoms. The second-order valence-corrected chi connectivity index (χ2v) is 4.09. The van der Waals surface area contributed by atoms with Crippen molar-refractivity contribution in [3.8, 4) is 0 Å². The van der Waals surface area contributed by atoms with E-state index in [4.69, 9.17) is 16.0 Å². The maximum Gasteiger partial charge on any atom is 0.347 e. The molecule has 1 unspecified atom stereocenters. The minimum Gasteiger partial charge on any atom is -0.465 e. The van der Waals surface area contributed by atoms with Crippen LogP contribution in [0.5, 0.6) is 0 Å². The molecule has 94 valence electrons. The number of hydrogen-bond acceptors (Lipinski definition) is 7. The number of methoxy groups -OCH3 is 1. The number of ether oxygens (including phenoxy) is 1. The highest BCUT2D eigenvalue weighted by molar-refractivity contribution is 5.99. The van der Waals surface area contributed by atoms with Crippen LogP contribution in [0.1, 0.15) is 23.2 Å². The van der Waals surface area contributed by atoms with Gasteiger partial charge in [-0.25, -0.2) is 4.79 Å². The molecule has 0 aliphatic carbocycles. The number of esters is 1. The molecule has 1 aromatic heterocycles. The van der Waals surface area contributed by atoms with Crippen LogP contribution in [0.2, 0.25) is 0 Å². The molecule has 2 rings (SSSR count).